The number of thiocarbonyl (C=S) groups is 1. The van der Waals surface area contributed by atoms with Crippen molar-refractivity contribution in [2.24, 2.45) is 0 Å². The second-order valence-corrected chi connectivity index (χ2v) is 6.20. The van der Waals surface area contributed by atoms with Crippen molar-refractivity contribution in [2.75, 3.05) is 17.7 Å². The molecule has 0 aliphatic carbocycles. The van der Waals surface area contributed by atoms with E-state index in [0.29, 0.717) is 21.4 Å². The Bertz CT molecular complexity index is 711. The van der Waals surface area contributed by atoms with Gasteiger partial charge in [-0.25, -0.2) is 9.18 Å². The standard InChI is InChI=1S/C15H15FN2O2S2/c1-8-9(2)22-13(12(8)14(19)20-3)18-15(21)17-11-6-4-10(16)5-7-11/h4-7H,1-3H3,(H2,17,18,21). The molecule has 0 bridgehead atoms. The summed E-state index contributed by atoms with van der Waals surface area (Å²) in [5.74, 6) is -0.726. The third-order valence-electron chi connectivity index (χ3n) is 3.10. The molecule has 7 heteroatoms. The number of anilines is 2. The first-order chi connectivity index (χ1) is 10.4. The van der Waals surface area contributed by atoms with E-state index in [2.05, 4.69) is 10.6 Å². The monoisotopic (exact) mass is 338 g/mol. The first-order valence-corrected chi connectivity index (χ1v) is 7.66. The lowest BCUT2D eigenvalue weighted by Gasteiger charge is -2.10. The van der Waals surface area contributed by atoms with E-state index in [1.54, 1.807) is 12.1 Å². The zero-order valence-electron chi connectivity index (χ0n) is 12.3. The lowest BCUT2D eigenvalue weighted by atomic mass is 10.1. The lowest BCUT2D eigenvalue weighted by Crippen LogP contribution is -2.20. The number of carbonyl (C=O) groups is 1. The Balaban J connectivity index is 2.16. The minimum atomic E-state index is -0.408. The van der Waals surface area contributed by atoms with Gasteiger partial charge in [0.05, 0.1) is 12.7 Å². The first-order valence-electron chi connectivity index (χ1n) is 6.44. The summed E-state index contributed by atoms with van der Waals surface area (Å²) in [6, 6.07) is 5.83. The Labute approximate surface area is 137 Å². The van der Waals surface area contributed by atoms with Crippen LogP contribution in [0.1, 0.15) is 20.8 Å². The maximum absolute atomic E-state index is 12.9. The third-order valence-corrected chi connectivity index (χ3v) is 4.43. The average Bonchev–Trinajstić information content (AvgIpc) is 2.75. The number of nitrogens with one attached hydrogen (secondary N) is 2. The molecule has 22 heavy (non-hydrogen) atoms. The molecule has 0 amide bonds. The fourth-order valence-corrected chi connectivity index (χ4v) is 3.20. The third kappa shape index (κ3) is 3.61. The quantitative estimate of drug-likeness (QED) is 0.652. The van der Waals surface area contributed by atoms with E-state index >= 15 is 0 Å². The molecule has 0 aliphatic heterocycles. The first kappa shape index (κ1) is 16.4. The summed E-state index contributed by atoms with van der Waals surface area (Å²) in [7, 11) is 1.34. The number of halogens is 1. The smallest absolute Gasteiger partial charge is 0.341 e. The van der Waals surface area contributed by atoms with Crippen molar-refractivity contribution in [1.29, 1.82) is 0 Å². The molecule has 1 aromatic heterocycles. The van der Waals surface area contributed by atoms with Crippen molar-refractivity contribution in [1.82, 2.24) is 0 Å². The van der Waals surface area contributed by atoms with Crippen LogP contribution in [0.15, 0.2) is 24.3 Å². The second-order valence-electron chi connectivity index (χ2n) is 4.56. The highest BCUT2D eigenvalue weighted by Gasteiger charge is 2.20. The molecule has 0 unspecified atom stereocenters. The second kappa shape index (κ2) is 6.85. The van der Waals surface area contributed by atoms with Crippen molar-refractivity contribution < 1.29 is 13.9 Å². The molecule has 0 fully saturated rings. The van der Waals surface area contributed by atoms with Gasteiger partial charge in [0.15, 0.2) is 5.11 Å². The predicted octanol–water partition coefficient (Wildman–Crippen LogP) is 4.10. The van der Waals surface area contributed by atoms with Crippen LogP contribution in [-0.2, 0) is 4.74 Å². The molecule has 0 saturated carbocycles. The van der Waals surface area contributed by atoms with Crippen LogP contribution >= 0.6 is 23.6 Å². The Morgan fingerprint density at radius 3 is 2.45 bits per heavy atom. The van der Waals surface area contributed by atoms with E-state index in [-0.39, 0.29) is 5.82 Å². The summed E-state index contributed by atoms with van der Waals surface area (Å²) in [5.41, 5.74) is 2.00. The number of thiophene rings is 1. The van der Waals surface area contributed by atoms with E-state index in [1.165, 1.54) is 30.6 Å². The zero-order chi connectivity index (χ0) is 16.3. The number of benzene rings is 1. The summed E-state index contributed by atoms with van der Waals surface area (Å²) in [4.78, 5) is 12.9. The Morgan fingerprint density at radius 1 is 1.23 bits per heavy atom. The zero-order valence-corrected chi connectivity index (χ0v) is 14.0. The van der Waals surface area contributed by atoms with Gasteiger partial charge in [-0.15, -0.1) is 11.3 Å². The molecule has 116 valence electrons. The van der Waals surface area contributed by atoms with Crippen LogP contribution in [0, 0.1) is 19.7 Å². The SMILES string of the molecule is COC(=O)c1c(NC(=S)Nc2ccc(F)cc2)sc(C)c1C. The number of hydrogen-bond donors (Lipinski definition) is 2. The molecule has 0 radical (unpaired) electrons. The highest BCUT2D eigenvalue weighted by atomic mass is 32.1. The molecular weight excluding hydrogens is 323 g/mol. The topological polar surface area (TPSA) is 50.4 Å². The summed E-state index contributed by atoms with van der Waals surface area (Å²) in [5, 5.41) is 6.88. The molecule has 0 spiro atoms. The number of methoxy groups -OCH3 is 1. The fraction of sp³-hybridized carbons (Fsp3) is 0.200. The van der Waals surface area contributed by atoms with Gasteiger partial charge in [-0.05, 0) is 55.9 Å². The Hall–Kier alpha value is -1.99. The maximum atomic E-state index is 12.9. The molecule has 0 aliphatic rings. The number of rotatable bonds is 3. The molecule has 0 saturated heterocycles. The summed E-state index contributed by atoms with van der Waals surface area (Å²) in [6.07, 6.45) is 0. The van der Waals surface area contributed by atoms with Gasteiger partial charge < -0.3 is 15.4 Å². The lowest BCUT2D eigenvalue weighted by molar-refractivity contribution is 0.0601. The van der Waals surface area contributed by atoms with E-state index in [1.807, 2.05) is 13.8 Å². The number of carbonyl (C=O) groups excluding carboxylic acids is 1. The minimum absolute atomic E-state index is 0.318. The van der Waals surface area contributed by atoms with Gasteiger partial charge in [0.1, 0.15) is 10.8 Å². The van der Waals surface area contributed by atoms with E-state index in [0.717, 1.165) is 10.4 Å². The van der Waals surface area contributed by atoms with Crippen LogP contribution in [0.3, 0.4) is 0 Å². The average molecular weight is 338 g/mol. The van der Waals surface area contributed by atoms with Crippen LogP contribution in [0.5, 0.6) is 0 Å². The van der Waals surface area contributed by atoms with E-state index in [9.17, 15) is 9.18 Å². The summed E-state index contributed by atoms with van der Waals surface area (Å²) >= 11 is 6.65. The van der Waals surface area contributed by atoms with Gasteiger partial charge in [-0.2, -0.15) is 0 Å². The number of aryl methyl sites for hydroxylation is 1. The van der Waals surface area contributed by atoms with Crippen molar-refractivity contribution in [2.45, 2.75) is 13.8 Å². The fourth-order valence-electron chi connectivity index (χ4n) is 1.86. The van der Waals surface area contributed by atoms with Crippen molar-refractivity contribution >= 4 is 45.3 Å². The number of esters is 1. The van der Waals surface area contributed by atoms with E-state index in [4.69, 9.17) is 17.0 Å². The van der Waals surface area contributed by atoms with E-state index < -0.39 is 5.97 Å². The predicted molar refractivity (Wildman–Crippen MR) is 91.4 cm³/mol. The molecule has 1 heterocycles. The molecular formula is C15H15FN2O2S2. The molecule has 1 aromatic carbocycles. The highest BCUT2D eigenvalue weighted by molar-refractivity contribution is 7.80. The van der Waals surface area contributed by atoms with Crippen molar-refractivity contribution in [3.63, 3.8) is 0 Å². The van der Waals surface area contributed by atoms with Gasteiger partial charge in [0.2, 0.25) is 0 Å². The van der Waals surface area contributed by atoms with Crippen LogP contribution in [-0.4, -0.2) is 18.2 Å². The van der Waals surface area contributed by atoms with Gasteiger partial charge in [-0.1, -0.05) is 0 Å². The minimum Gasteiger partial charge on any atom is -0.465 e. The molecule has 2 rings (SSSR count). The van der Waals surface area contributed by atoms with Crippen molar-refractivity contribution in [3.05, 3.63) is 46.1 Å². The summed E-state index contributed by atoms with van der Waals surface area (Å²) in [6.45, 7) is 3.79. The largest absolute Gasteiger partial charge is 0.465 e. The van der Waals surface area contributed by atoms with Gasteiger partial charge in [-0.3, -0.25) is 0 Å². The number of ether oxygens (including phenoxy) is 1. The number of hydrogen-bond acceptors (Lipinski definition) is 4. The molecule has 2 N–H and O–H groups in total. The maximum Gasteiger partial charge on any atom is 0.341 e. The highest BCUT2D eigenvalue weighted by Crippen LogP contribution is 2.33. The van der Waals surface area contributed by atoms with Gasteiger partial charge >= 0.3 is 5.97 Å². The molecule has 4 nitrogen and oxygen atoms in total. The molecule has 0 atom stereocenters. The normalized spacial score (nSPS) is 10.2. The van der Waals surface area contributed by atoms with Crippen LogP contribution in [0.2, 0.25) is 0 Å². The Morgan fingerprint density at radius 2 is 1.86 bits per heavy atom. The van der Waals surface area contributed by atoms with Crippen molar-refractivity contribution in [3.8, 4) is 0 Å². The Kier molecular flexibility index (Phi) is 5.10. The van der Waals surface area contributed by atoms with Gasteiger partial charge in [0.25, 0.3) is 0 Å². The van der Waals surface area contributed by atoms with Crippen LogP contribution in [0.25, 0.3) is 0 Å². The van der Waals surface area contributed by atoms with Crippen LogP contribution < -0.4 is 10.6 Å². The van der Waals surface area contributed by atoms with Crippen LogP contribution in [0.4, 0.5) is 15.1 Å². The van der Waals surface area contributed by atoms with Gasteiger partial charge in [0, 0.05) is 10.6 Å². The summed E-state index contributed by atoms with van der Waals surface area (Å²) < 4.78 is 17.7. The molecule has 2 aromatic rings.